The van der Waals surface area contributed by atoms with Crippen LogP contribution in [0.5, 0.6) is 5.75 Å². The molecule has 3 aliphatic heterocycles. The highest BCUT2D eigenvalue weighted by atomic mass is 35.5. The average molecular weight is 898 g/mol. The summed E-state index contributed by atoms with van der Waals surface area (Å²) in [6, 6.07) is 12.4. The first-order valence-corrected chi connectivity index (χ1v) is 22.5. The monoisotopic (exact) mass is 896 g/mol. The molecule has 13 nitrogen and oxygen atoms in total. The van der Waals surface area contributed by atoms with Gasteiger partial charge in [-0.25, -0.2) is 4.79 Å². The normalized spacial score (nSPS) is 25.3. The summed E-state index contributed by atoms with van der Waals surface area (Å²) in [5, 5.41) is 5.94. The van der Waals surface area contributed by atoms with Gasteiger partial charge in [-0.05, 0) is 67.5 Å². The largest absolute Gasteiger partial charge is 0.495 e. The van der Waals surface area contributed by atoms with E-state index >= 15 is 0 Å². The van der Waals surface area contributed by atoms with E-state index < -0.39 is 47.4 Å². The van der Waals surface area contributed by atoms with Gasteiger partial charge in [0.2, 0.25) is 17.7 Å². The lowest BCUT2D eigenvalue weighted by atomic mass is 9.92. The van der Waals surface area contributed by atoms with Gasteiger partial charge in [0.15, 0.2) is 6.10 Å². The second-order valence-corrected chi connectivity index (χ2v) is 20.2. The number of ether oxygens (including phenoxy) is 4. The Bertz CT molecular complexity index is 1930. The Morgan fingerprint density at radius 2 is 1.68 bits per heavy atom. The lowest BCUT2D eigenvalue weighted by molar-refractivity contribution is -0.179. The van der Waals surface area contributed by atoms with Crippen LogP contribution in [0.15, 0.2) is 54.6 Å². The minimum atomic E-state index is -1.23. The molecule has 0 bridgehead atoms. The van der Waals surface area contributed by atoms with E-state index in [-0.39, 0.29) is 60.5 Å². The van der Waals surface area contributed by atoms with Gasteiger partial charge >= 0.3 is 11.9 Å². The number of nitrogens with zero attached hydrogens (tertiary/aromatic N) is 2. The molecule has 2 N–H and O–H groups in total. The average Bonchev–Trinajstić information content (AvgIpc) is 4.02. The van der Waals surface area contributed by atoms with Crippen molar-refractivity contribution < 1.29 is 42.9 Å². The van der Waals surface area contributed by atoms with Crippen LogP contribution in [-0.4, -0.2) is 108 Å². The van der Waals surface area contributed by atoms with Gasteiger partial charge in [0, 0.05) is 69.2 Å². The summed E-state index contributed by atoms with van der Waals surface area (Å²) in [5.74, 6) is -2.02. The lowest BCUT2D eigenvalue weighted by Gasteiger charge is -2.35. The Morgan fingerprint density at radius 1 is 1.00 bits per heavy atom. The maximum atomic E-state index is 13.9. The highest BCUT2D eigenvalue weighted by Gasteiger charge is 2.48. The molecule has 2 fully saturated rings. The SMILES string of the molecule is COc1ccc(C[C@H]2NC(=O)/C=C\C[C@@H]([C@H](C)[C@H]3O[C@@H]3c3ccc(CN4CCN(C(=O)CCC(C)(C)S)CC4)cc3)OC(=O)[C@H](CC(C)C)OC(=O)C(C)(C)CNC2=O)cc1Cl. The molecule has 0 radical (unpaired) electrons. The first kappa shape index (κ1) is 48.9. The number of carbonyl (C=O) groups excluding carboxylic acids is 5. The summed E-state index contributed by atoms with van der Waals surface area (Å²) in [7, 11) is 1.51. The van der Waals surface area contributed by atoms with Gasteiger partial charge in [-0.15, -0.1) is 0 Å². The second kappa shape index (κ2) is 21.5. The van der Waals surface area contributed by atoms with Crippen LogP contribution in [0.3, 0.4) is 0 Å². The van der Waals surface area contributed by atoms with Crippen molar-refractivity contribution in [2.45, 2.75) is 122 Å². The van der Waals surface area contributed by atoms with E-state index in [2.05, 4.69) is 52.4 Å². The van der Waals surface area contributed by atoms with E-state index in [1.807, 2.05) is 39.5 Å². The minimum absolute atomic E-state index is 0.00532. The number of amides is 3. The molecule has 62 heavy (non-hydrogen) atoms. The molecule has 340 valence electrons. The standard InChI is InChI=1S/C47H65ClN4O9S/c1-29(2)24-38-44(56)59-36(10-9-11-39(53)50-35(26-32-14-17-37(58-8)34(48)25-32)43(55)49-28-46(4,5)45(57)60-38)30(3)41-42(61-41)33-15-12-31(13-16-33)27-51-20-22-52(23-21-51)40(54)18-19-47(6,7)62/h9,11-17,25,29-30,35-36,38,41-42,62H,10,18-24,26-28H2,1-8H3,(H,49,55)(H,50,53)/b11-9-/t30-,35+,36-,38-,41+,42+/m0/s1. The van der Waals surface area contributed by atoms with E-state index in [1.165, 1.54) is 13.2 Å². The van der Waals surface area contributed by atoms with Crippen molar-refractivity contribution in [3.63, 3.8) is 0 Å². The van der Waals surface area contributed by atoms with Crippen LogP contribution in [0.4, 0.5) is 0 Å². The first-order valence-electron chi connectivity index (χ1n) is 21.7. The Hall–Kier alpha value is -4.11. The van der Waals surface area contributed by atoms with Gasteiger partial charge in [0.05, 0.1) is 23.7 Å². The maximum absolute atomic E-state index is 13.9. The summed E-state index contributed by atoms with van der Waals surface area (Å²) in [6.07, 6.45) is 2.30. The van der Waals surface area contributed by atoms with Crippen LogP contribution in [-0.2, 0) is 51.1 Å². The van der Waals surface area contributed by atoms with Crippen molar-refractivity contribution in [1.82, 2.24) is 20.4 Å². The van der Waals surface area contributed by atoms with Crippen LogP contribution in [0.1, 0.15) is 96.9 Å². The quantitative estimate of drug-likeness (QED) is 0.119. The number of piperazine rings is 1. The number of halogens is 1. The van der Waals surface area contributed by atoms with Crippen molar-refractivity contribution in [2.75, 3.05) is 39.8 Å². The zero-order chi connectivity index (χ0) is 45.4. The van der Waals surface area contributed by atoms with Crippen molar-refractivity contribution >= 4 is 53.9 Å². The number of cyclic esters (lactones) is 2. The van der Waals surface area contributed by atoms with E-state index in [4.69, 9.17) is 30.5 Å². The van der Waals surface area contributed by atoms with Gasteiger partial charge in [0.1, 0.15) is 24.0 Å². The number of epoxide rings is 1. The summed E-state index contributed by atoms with van der Waals surface area (Å²) in [4.78, 5) is 71.5. The molecular weight excluding hydrogens is 832 g/mol. The number of benzene rings is 2. The fourth-order valence-electron chi connectivity index (χ4n) is 7.62. The molecule has 0 spiro atoms. The topological polar surface area (TPSA) is 156 Å². The molecule has 6 atom stereocenters. The van der Waals surface area contributed by atoms with Crippen LogP contribution in [0, 0.1) is 17.3 Å². The molecule has 0 aromatic heterocycles. The third-order valence-corrected chi connectivity index (χ3v) is 12.2. The molecule has 2 aromatic carbocycles. The molecule has 0 saturated carbocycles. The number of thiol groups is 1. The summed E-state index contributed by atoms with van der Waals surface area (Å²) < 4.78 is 23.3. The van der Waals surface area contributed by atoms with E-state index in [0.717, 1.165) is 37.2 Å². The number of methoxy groups -OCH3 is 1. The molecule has 5 rings (SSSR count). The number of hydrogen-bond donors (Lipinski definition) is 3. The van der Waals surface area contributed by atoms with Gasteiger partial charge in [-0.2, -0.15) is 12.6 Å². The zero-order valence-electron chi connectivity index (χ0n) is 37.4. The second-order valence-electron chi connectivity index (χ2n) is 18.6. The fourth-order valence-corrected chi connectivity index (χ4v) is 8.01. The lowest BCUT2D eigenvalue weighted by Crippen LogP contribution is -2.51. The Labute approximate surface area is 377 Å². The molecule has 0 unspecified atom stereocenters. The minimum Gasteiger partial charge on any atom is -0.495 e. The van der Waals surface area contributed by atoms with Crippen molar-refractivity contribution in [3.8, 4) is 5.75 Å². The number of carbonyl (C=O) groups is 5. The Balaban J connectivity index is 1.27. The Morgan fingerprint density at radius 3 is 2.31 bits per heavy atom. The van der Waals surface area contributed by atoms with Crippen molar-refractivity contribution in [1.29, 1.82) is 0 Å². The van der Waals surface area contributed by atoms with Gasteiger partial charge < -0.3 is 34.5 Å². The third kappa shape index (κ3) is 14.2. The molecule has 2 aromatic rings. The van der Waals surface area contributed by atoms with Crippen LogP contribution >= 0.6 is 24.2 Å². The van der Waals surface area contributed by atoms with E-state index in [9.17, 15) is 24.0 Å². The zero-order valence-corrected chi connectivity index (χ0v) is 39.1. The fraction of sp³-hybridized carbons (Fsp3) is 0.596. The Kier molecular flexibility index (Phi) is 17.0. The predicted octanol–water partition coefficient (Wildman–Crippen LogP) is 6.26. The highest BCUT2D eigenvalue weighted by molar-refractivity contribution is 7.81. The van der Waals surface area contributed by atoms with Crippen molar-refractivity contribution in [3.05, 3.63) is 76.3 Å². The number of nitrogens with one attached hydrogen (secondary N) is 2. The van der Waals surface area contributed by atoms with E-state index in [1.54, 1.807) is 38.1 Å². The predicted molar refractivity (Wildman–Crippen MR) is 241 cm³/mol. The highest BCUT2D eigenvalue weighted by Crippen LogP contribution is 2.45. The smallest absolute Gasteiger partial charge is 0.347 e. The molecular formula is C47H65ClN4O9S. The van der Waals surface area contributed by atoms with E-state index in [0.29, 0.717) is 35.8 Å². The molecule has 2 saturated heterocycles. The van der Waals surface area contributed by atoms with Crippen molar-refractivity contribution in [2.24, 2.45) is 17.3 Å². The summed E-state index contributed by atoms with van der Waals surface area (Å²) in [5.41, 5.74) is 1.62. The molecule has 3 aliphatic rings. The van der Waals surface area contributed by atoms with Gasteiger partial charge in [-0.3, -0.25) is 24.1 Å². The number of hydrogen-bond acceptors (Lipinski definition) is 11. The maximum Gasteiger partial charge on any atom is 0.347 e. The number of esters is 2. The molecule has 15 heteroatoms. The first-order chi connectivity index (χ1) is 29.2. The van der Waals surface area contributed by atoms with Crippen LogP contribution < -0.4 is 15.4 Å². The van der Waals surface area contributed by atoms with Crippen LogP contribution in [0.2, 0.25) is 5.02 Å². The molecule has 3 heterocycles. The summed E-state index contributed by atoms with van der Waals surface area (Å²) >= 11 is 10.9. The molecule has 0 aliphatic carbocycles. The molecule has 3 amide bonds. The summed E-state index contributed by atoms with van der Waals surface area (Å²) in [6.45, 7) is 16.8. The van der Waals surface area contributed by atoms with Gasteiger partial charge in [0.25, 0.3) is 0 Å². The number of rotatable bonds is 13. The van der Waals surface area contributed by atoms with Crippen LogP contribution in [0.25, 0.3) is 0 Å². The van der Waals surface area contributed by atoms with Gasteiger partial charge in [-0.1, -0.05) is 82.6 Å². The third-order valence-electron chi connectivity index (χ3n) is 11.7.